The molecule has 28 heavy (non-hydrogen) atoms. The number of hydrogen-bond donors (Lipinski definition) is 1. The highest BCUT2D eigenvalue weighted by atomic mass is 16.5. The van der Waals surface area contributed by atoms with E-state index in [1.807, 2.05) is 36.7 Å². The first-order chi connectivity index (χ1) is 13.6. The third-order valence-corrected chi connectivity index (χ3v) is 4.89. The van der Waals surface area contributed by atoms with Crippen molar-refractivity contribution in [3.05, 3.63) is 47.8 Å². The summed E-state index contributed by atoms with van der Waals surface area (Å²) < 4.78 is 7.23. The Morgan fingerprint density at radius 1 is 1.32 bits per heavy atom. The molecule has 0 unspecified atom stereocenters. The van der Waals surface area contributed by atoms with E-state index in [0.29, 0.717) is 11.7 Å². The summed E-state index contributed by atoms with van der Waals surface area (Å²) in [6.45, 7) is 6.76. The van der Waals surface area contributed by atoms with Crippen LogP contribution in [0.15, 0.2) is 36.5 Å². The zero-order valence-electron chi connectivity index (χ0n) is 16.8. The fraction of sp³-hybridized carbons (Fsp3) is 0.476. The van der Waals surface area contributed by atoms with Gasteiger partial charge in [0.05, 0.1) is 19.3 Å². The molecule has 1 aromatic carbocycles. The minimum absolute atomic E-state index is 0.0878. The molecular formula is C21H29N5O2. The largest absolute Gasteiger partial charge is 0.496 e. The number of benzene rings is 1. The van der Waals surface area contributed by atoms with Gasteiger partial charge >= 0.3 is 0 Å². The van der Waals surface area contributed by atoms with Gasteiger partial charge in [0.15, 0.2) is 5.69 Å². The van der Waals surface area contributed by atoms with Crippen molar-refractivity contribution < 1.29 is 9.53 Å². The van der Waals surface area contributed by atoms with Crippen LogP contribution in [0.3, 0.4) is 0 Å². The maximum Gasteiger partial charge on any atom is 0.273 e. The summed E-state index contributed by atoms with van der Waals surface area (Å²) in [5.74, 6) is 0.723. The smallest absolute Gasteiger partial charge is 0.273 e. The van der Waals surface area contributed by atoms with Crippen molar-refractivity contribution in [2.45, 2.75) is 38.8 Å². The highest BCUT2D eigenvalue weighted by molar-refractivity contribution is 5.91. The van der Waals surface area contributed by atoms with Crippen LogP contribution in [0.1, 0.15) is 48.8 Å². The Morgan fingerprint density at radius 3 is 2.79 bits per heavy atom. The molecule has 0 bridgehead atoms. The molecule has 1 aliphatic rings. The van der Waals surface area contributed by atoms with E-state index in [9.17, 15) is 4.79 Å². The second-order valence-electron chi connectivity index (χ2n) is 7.39. The lowest BCUT2D eigenvalue weighted by Gasteiger charge is -2.30. The molecule has 7 heteroatoms. The van der Waals surface area contributed by atoms with Crippen molar-refractivity contribution in [2.75, 3.05) is 26.7 Å². The summed E-state index contributed by atoms with van der Waals surface area (Å²) in [4.78, 5) is 14.5. The SMILES string of the molecule is COc1ccccc1/C=C/CN1CCC(n2cc(C(=O)NC(C)C)nn2)CC1. The number of likely N-dealkylation sites (tertiary alicyclic amines) is 1. The van der Waals surface area contributed by atoms with Gasteiger partial charge in [-0.05, 0) is 32.8 Å². The molecule has 3 rings (SSSR count). The van der Waals surface area contributed by atoms with E-state index in [0.717, 1.165) is 43.8 Å². The number of nitrogens with one attached hydrogen (secondary N) is 1. The molecule has 1 aliphatic heterocycles. The van der Waals surface area contributed by atoms with E-state index in [-0.39, 0.29) is 11.9 Å². The van der Waals surface area contributed by atoms with E-state index < -0.39 is 0 Å². The van der Waals surface area contributed by atoms with Gasteiger partial charge in [-0.25, -0.2) is 4.68 Å². The van der Waals surface area contributed by atoms with Crippen molar-refractivity contribution in [2.24, 2.45) is 0 Å². The van der Waals surface area contributed by atoms with Crippen LogP contribution in [-0.4, -0.2) is 58.6 Å². The predicted octanol–water partition coefficient (Wildman–Crippen LogP) is 2.78. The molecule has 1 fully saturated rings. The summed E-state index contributed by atoms with van der Waals surface area (Å²) in [6, 6.07) is 8.40. The fourth-order valence-electron chi connectivity index (χ4n) is 3.39. The number of aromatic nitrogens is 3. The summed E-state index contributed by atoms with van der Waals surface area (Å²) in [5, 5.41) is 11.0. The van der Waals surface area contributed by atoms with Crippen LogP contribution < -0.4 is 10.1 Å². The Labute approximate surface area is 166 Å². The van der Waals surface area contributed by atoms with Gasteiger partial charge < -0.3 is 10.1 Å². The van der Waals surface area contributed by atoms with E-state index in [1.54, 1.807) is 13.3 Å². The summed E-state index contributed by atoms with van der Waals surface area (Å²) in [7, 11) is 1.69. The normalized spacial score (nSPS) is 16.0. The number of rotatable bonds is 7. The maximum absolute atomic E-state index is 12.0. The number of methoxy groups -OCH3 is 1. The van der Waals surface area contributed by atoms with Crippen LogP contribution in [0.4, 0.5) is 0 Å². The van der Waals surface area contributed by atoms with Gasteiger partial charge in [0.1, 0.15) is 5.75 Å². The topological polar surface area (TPSA) is 72.3 Å². The molecule has 150 valence electrons. The van der Waals surface area contributed by atoms with Crippen molar-refractivity contribution in [3.63, 3.8) is 0 Å². The van der Waals surface area contributed by atoms with Crippen LogP contribution in [0, 0.1) is 0 Å². The van der Waals surface area contributed by atoms with Gasteiger partial charge in [-0.15, -0.1) is 5.10 Å². The van der Waals surface area contributed by atoms with Crippen LogP contribution >= 0.6 is 0 Å². The highest BCUT2D eigenvalue weighted by Crippen LogP contribution is 2.22. The minimum Gasteiger partial charge on any atom is -0.496 e. The molecule has 0 atom stereocenters. The van der Waals surface area contributed by atoms with Crippen LogP contribution in [0.25, 0.3) is 6.08 Å². The van der Waals surface area contributed by atoms with Gasteiger partial charge in [-0.1, -0.05) is 35.6 Å². The minimum atomic E-state index is -0.167. The summed E-state index contributed by atoms with van der Waals surface area (Å²) >= 11 is 0. The number of ether oxygens (including phenoxy) is 1. The van der Waals surface area contributed by atoms with E-state index in [2.05, 4.69) is 38.7 Å². The van der Waals surface area contributed by atoms with Crippen molar-refractivity contribution in [1.82, 2.24) is 25.2 Å². The van der Waals surface area contributed by atoms with Crippen molar-refractivity contribution in [1.29, 1.82) is 0 Å². The quantitative estimate of drug-likeness (QED) is 0.796. The number of carbonyl (C=O) groups excluding carboxylic acids is 1. The van der Waals surface area contributed by atoms with Crippen molar-refractivity contribution >= 4 is 12.0 Å². The van der Waals surface area contributed by atoms with Gasteiger partial charge in [0, 0.05) is 31.2 Å². The molecular weight excluding hydrogens is 354 g/mol. The van der Waals surface area contributed by atoms with Crippen LogP contribution in [0.5, 0.6) is 5.75 Å². The van der Waals surface area contributed by atoms with E-state index >= 15 is 0 Å². The van der Waals surface area contributed by atoms with Gasteiger partial charge in [0.25, 0.3) is 5.91 Å². The Hall–Kier alpha value is -2.67. The lowest BCUT2D eigenvalue weighted by molar-refractivity contribution is 0.0938. The zero-order chi connectivity index (χ0) is 19.9. The summed E-state index contributed by atoms with van der Waals surface area (Å²) in [5.41, 5.74) is 1.48. The zero-order valence-corrected chi connectivity index (χ0v) is 16.8. The molecule has 0 spiro atoms. The molecule has 1 aromatic heterocycles. The second kappa shape index (κ2) is 9.50. The standard InChI is InChI=1S/C21H29N5O2/c1-16(2)22-21(27)19-15-26(24-23-19)18-10-13-25(14-11-18)12-6-8-17-7-4-5-9-20(17)28-3/h4-9,15-16,18H,10-14H2,1-3H3,(H,22,27)/b8-6+. The first-order valence-corrected chi connectivity index (χ1v) is 9.81. The lowest BCUT2D eigenvalue weighted by atomic mass is 10.1. The molecule has 1 saturated heterocycles. The molecule has 7 nitrogen and oxygen atoms in total. The third-order valence-electron chi connectivity index (χ3n) is 4.89. The first kappa shape index (κ1) is 20.1. The Balaban J connectivity index is 1.49. The van der Waals surface area contributed by atoms with Gasteiger partial charge in [0.2, 0.25) is 0 Å². The van der Waals surface area contributed by atoms with Crippen LogP contribution in [-0.2, 0) is 0 Å². The third kappa shape index (κ3) is 5.19. The maximum atomic E-state index is 12.0. The molecule has 2 heterocycles. The predicted molar refractivity (Wildman–Crippen MR) is 109 cm³/mol. The molecule has 2 aromatic rings. The molecule has 0 saturated carbocycles. The average Bonchev–Trinajstić information content (AvgIpc) is 3.19. The van der Waals surface area contributed by atoms with Crippen molar-refractivity contribution in [3.8, 4) is 5.75 Å². The monoisotopic (exact) mass is 383 g/mol. The van der Waals surface area contributed by atoms with Gasteiger partial charge in [-0.3, -0.25) is 9.69 Å². The Morgan fingerprint density at radius 2 is 2.07 bits per heavy atom. The molecule has 1 N–H and O–H groups in total. The Bertz CT molecular complexity index is 807. The molecule has 1 amide bonds. The molecule has 0 aliphatic carbocycles. The van der Waals surface area contributed by atoms with Crippen LogP contribution in [0.2, 0.25) is 0 Å². The number of amides is 1. The van der Waals surface area contributed by atoms with E-state index in [4.69, 9.17) is 4.74 Å². The Kier molecular flexibility index (Phi) is 6.81. The molecule has 0 radical (unpaired) electrons. The number of carbonyl (C=O) groups is 1. The number of piperidine rings is 1. The van der Waals surface area contributed by atoms with E-state index in [1.165, 1.54) is 0 Å². The number of nitrogens with zero attached hydrogens (tertiary/aromatic N) is 4. The number of hydrogen-bond acceptors (Lipinski definition) is 5. The number of para-hydroxylation sites is 1. The summed E-state index contributed by atoms with van der Waals surface area (Å²) in [6.07, 6.45) is 8.05. The lowest BCUT2D eigenvalue weighted by Crippen LogP contribution is -2.35. The second-order valence-corrected chi connectivity index (χ2v) is 7.39. The average molecular weight is 383 g/mol. The first-order valence-electron chi connectivity index (χ1n) is 9.81. The fourth-order valence-corrected chi connectivity index (χ4v) is 3.39. The van der Waals surface area contributed by atoms with Gasteiger partial charge in [-0.2, -0.15) is 0 Å². The highest BCUT2D eigenvalue weighted by Gasteiger charge is 2.22.